The summed E-state index contributed by atoms with van der Waals surface area (Å²) < 4.78 is 0. The lowest BCUT2D eigenvalue weighted by Crippen LogP contribution is -2.00. The summed E-state index contributed by atoms with van der Waals surface area (Å²) in [5, 5.41) is 0.246. The van der Waals surface area contributed by atoms with Crippen molar-refractivity contribution in [3.63, 3.8) is 0 Å². The van der Waals surface area contributed by atoms with Crippen LogP contribution in [0, 0.1) is 26.7 Å². The lowest BCUT2D eigenvalue weighted by atomic mass is 9.95. The summed E-state index contributed by atoms with van der Waals surface area (Å²) in [7, 11) is 0. The van der Waals surface area contributed by atoms with Crippen LogP contribution < -0.4 is 0 Å². The molecule has 1 unspecified atom stereocenters. The molecule has 0 nitrogen and oxygen atoms in total. The van der Waals surface area contributed by atoms with E-state index in [9.17, 15) is 0 Å². The Balaban J connectivity index is 2.40. The molecule has 14 heavy (non-hydrogen) atoms. The minimum absolute atomic E-state index is 0.246. The molecule has 1 saturated carbocycles. The van der Waals surface area contributed by atoms with E-state index in [0.717, 1.165) is 5.92 Å². The van der Waals surface area contributed by atoms with Crippen LogP contribution in [0.4, 0.5) is 0 Å². The Kier molecular flexibility index (Phi) is 2.57. The van der Waals surface area contributed by atoms with Crippen LogP contribution in [0.5, 0.6) is 0 Å². The van der Waals surface area contributed by atoms with Crippen LogP contribution in [0.2, 0.25) is 0 Å². The van der Waals surface area contributed by atoms with Gasteiger partial charge in [-0.1, -0.05) is 17.7 Å². The highest BCUT2D eigenvalue weighted by atomic mass is 35.5. The first kappa shape index (κ1) is 10.0. The van der Waals surface area contributed by atoms with Crippen molar-refractivity contribution in [2.45, 2.75) is 39.0 Å². The number of hydrogen-bond acceptors (Lipinski definition) is 0. The van der Waals surface area contributed by atoms with E-state index in [1.54, 1.807) is 0 Å². The lowest BCUT2D eigenvalue weighted by Gasteiger charge is -2.16. The van der Waals surface area contributed by atoms with Gasteiger partial charge in [-0.25, -0.2) is 0 Å². The van der Waals surface area contributed by atoms with E-state index in [1.165, 1.54) is 35.1 Å². The van der Waals surface area contributed by atoms with Crippen LogP contribution in [0.1, 0.15) is 40.5 Å². The molecule has 1 aromatic carbocycles. The molecule has 0 radical (unpaired) electrons. The first-order valence-electron chi connectivity index (χ1n) is 5.31. The Bertz CT molecular complexity index is 327. The highest BCUT2D eigenvalue weighted by Gasteiger charge is 2.32. The Morgan fingerprint density at radius 1 is 1.14 bits per heavy atom. The fourth-order valence-corrected chi connectivity index (χ4v) is 2.85. The molecule has 1 aliphatic rings. The molecule has 0 N–H and O–H groups in total. The van der Waals surface area contributed by atoms with Crippen LogP contribution in [-0.2, 0) is 0 Å². The van der Waals surface area contributed by atoms with E-state index in [4.69, 9.17) is 11.6 Å². The number of aryl methyl sites for hydroxylation is 3. The molecule has 76 valence electrons. The molecule has 0 bridgehead atoms. The van der Waals surface area contributed by atoms with E-state index >= 15 is 0 Å². The van der Waals surface area contributed by atoms with Crippen molar-refractivity contribution in [1.29, 1.82) is 0 Å². The van der Waals surface area contributed by atoms with Gasteiger partial charge in [-0.3, -0.25) is 0 Å². The topological polar surface area (TPSA) is 0 Å². The summed E-state index contributed by atoms with van der Waals surface area (Å²) in [6.45, 7) is 6.49. The first-order valence-corrected chi connectivity index (χ1v) is 5.75. The standard InChI is InChI=1S/C13H17Cl/c1-8-6-9(2)12(10(3)7-8)13(14)11-4-5-11/h6-7,11,13H,4-5H2,1-3H3. The van der Waals surface area contributed by atoms with Crippen LogP contribution in [0.3, 0.4) is 0 Å². The Morgan fingerprint density at radius 2 is 1.64 bits per heavy atom. The Labute approximate surface area is 91.3 Å². The highest BCUT2D eigenvalue weighted by Crippen LogP contribution is 2.46. The van der Waals surface area contributed by atoms with Crippen LogP contribution in [0.15, 0.2) is 12.1 Å². The third kappa shape index (κ3) is 1.81. The van der Waals surface area contributed by atoms with Crippen LogP contribution in [-0.4, -0.2) is 0 Å². The van der Waals surface area contributed by atoms with Gasteiger partial charge in [-0.2, -0.15) is 0 Å². The predicted molar refractivity (Wildman–Crippen MR) is 62.0 cm³/mol. The molecule has 0 saturated heterocycles. The maximum atomic E-state index is 6.47. The molecule has 1 fully saturated rings. The highest BCUT2D eigenvalue weighted by molar-refractivity contribution is 6.21. The van der Waals surface area contributed by atoms with Crippen molar-refractivity contribution in [3.05, 3.63) is 34.4 Å². The molecule has 2 rings (SSSR count). The van der Waals surface area contributed by atoms with E-state index in [2.05, 4.69) is 32.9 Å². The van der Waals surface area contributed by atoms with Crippen LogP contribution >= 0.6 is 11.6 Å². The van der Waals surface area contributed by atoms with Crippen molar-refractivity contribution in [2.24, 2.45) is 5.92 Å². The van der Waals surface area contributed by atoms with Crippen LogP contribution in [0.25, 0.3) is 0 Å². The van der Waals surface area contributed by atoms with Crippen molar-refractivity contribution < 1.29 is 0 Å². The minimum Gasteiger partial charge on any atom is -0.118 e. The molecule has 1 atom stereocenters. The fraction of sp³-hybridized carbons (Fsp3) is 0.538. The quantitative estimate of drug-likeness (QED) is 0.636. The number of hydrogen-bond donors (Lipinski definition) is 0. The van der Waals surface area contributed by atoms with Gasteiger partial charge in [0.05, 0.1) is 5.38 Å². The third-order valence-electron chi connectivity index (χ3n) is 3.05. The van der Waals surface area contributed by atoms with Crippen molar-refractivity contribution >= 4 is 11.6 Å². The van der Waals surface area contributed by atoms with Gasteiger partial charge in [0, 0.05) is 0 Å². The maximum absolute atomic E-state index is 6.47. The second-order valence-electron chi connectivity index (χ2n) is 4.55. The summed E-state index contributed by atoms with van der Waals surface area (Å²) in [5.41, 5.74) is 5.42. The van der Waals surface area contributed by atoms with Gasteiger partial charge < -0.3 is 0 Å². The zero-order valence-corrected chi connectivity index (χ0v) is 9.86. The first-order chi connectivity index (χ1) is 6.59. The monoisotopic (exact) mass is 208 g/mol. The van der Waals surface area contributed by atoms with Gasteiger partial charge in [0.2, 0.25) is 0 Å². The van der Waals surface area contributed by atoms with Crippen molar-refractivity contribution in [3.8, 4) is 0 Å². The minimum atomic E-state index is 0.246. The van der Waals surface area contributed by atoms with Gasteiger partial charge >= 0.3 is 0 Å². The normalized spacial score (nSPS) is 18.3. The van der Waals surface area contributed by atoms with Crippen molar-refractivity contribution in [1.82, 2.24) is 0 Å². The van der Waals surface area contributed by atoms with Crippen molar-refractivity contribution in [2.75, 3.05) is 0 Å². The average molecular weight is 209 g/mol. The van der Waals surface area contributed by atoms with Gasteiger partial charge in [0.1, 0.15) is 0 Å². The summed E-state index contributed by atoms with van der Waals surface area (Å²) in [6.07, 6.45) is 2.61. The lowest BCUT2D eigenvalue weighted by molar-refractivity contribution is 0.785. The second-order valence-corrected chi connectivity index (χ2v) is 5.02. The molecule has 0 aromatic heterocycles. The third-order valence-corrected chi connectivity index (χ3v) is 3.62. The number of alkyl halides is 1. The molecule has 1 aromatic rings. The molecule has 0 aliphatic heterocycles. The van der Waals surface area contributed by atoms with Gasteiger partial charge in [0.15, 0.2) is 0 Å². The maximum Gasteiger partial charge on any atom is 0.0618 e. The largest absolute Gasteiger partial charge is 0.118 e. The zero-order chi connectivity index (χ0) is 10.3. The summed E-state index contributed by atoms with van der Waals surface area (Å²) in [5.74, 6) is 0.733. The summed E-state index contributed by atoms with van der Waals surface area (Å²) in [4.78, 5) is 0. The zero-order valence-electron chi connectivity index (χ0n) is 9.10. The molecular weight excluding hydrogens is 192 g/mol. The van der Waals surface area contributed by atoms with Gasteiger partial charge in [0.25, 0.3) is 0 Å². The average Bonchev–Trinajstić information content (AvgIpc) is 2.83. The molecule has 1 heteroatoms. The molecule has 0 spiro atoms. The smallest absolute Gasteiger partial charge is 0.0618 e. The summed E-state index contributed by atoms with van der Waals surface area (Å²) in [6, 6.07) is 4.47. The van der Waals surface area contributed by atoms with E-state index in [1.807, 2.05) is 0 Å². The van der Waals surface area contributed by atoms with E-state index in [-0.39, 0.29) is 5.38 Å². The molecule has 0 heterocycles. The Hall–Kier alpha value is -0.490. The SMILES string of the molecule is Cc1cc(C)c(C(Cl)C2CC2)c(C)c1. The molecular formula is C13H17Cl. The molecule has 0 amide bonds. The van der Waals surface area contributed by atoms with Gasteiger partial charge in [-0.05, 0) is 56.2 Å². The predicted octanol–water partition coefficient (Wildman–Crippen LogP) is 4.30. The molecule has 1 aliphatic carbocycles. The fourth-order valence-electron chi connectivity index (χ4n) is 2.25. The summed E-state index contributed by atoms with van der Waals surface area (Å²) >= 11 is 6.47. The number of benzene rings is 1. The van der Waals surface area contributed by atoms with Gasteiger partial charge in [-0.15, -0.1) is 11.6 Å². The number of halogens is 1. The number of rotatable bonds is 2. The van der Waals surface area contributed by atoms with E-state index in [0.29, 0.717) is 0 Å². The van der Waals surface area contributed by atoms with E-state index < -0.39 is 0 Å². The Morgan fingerprint density at radius 3 is 2.07 bits per heavy atom. The second kappa shape index (κ2) is 3.58.